The van der Waals surface area contributed by atoms with Gasteiger partial charge in [-0.15, -0.1) is 6.42 Å². The van der Waals surface area contributed by atoms with E-state index in [2.05, 4.69) is 16.3 Å². The Balaban J connectivity index is 2.42. The van der Waals surface area contributed by atoms with Gasteiger partial charge in [0.1, 0.15) is 6.54 Å². The Morgan fingerprint density at radius 2 is 2.37 bits per heavy atom. The summed E-state index contributed by atoms with van der Waals surface area (Å²) in [6.07, 6.45) is 7.38. The quantitative estimate of drug-likeness (QED) is 0.690. The Labute approximate surface area is 111 Å². The highest BCUT2D eigenvalue weighted by Crippen LogP contribution is 1.96. The summed E-state index contributed by atoms with van der Waals surface area (Å²) in [6.45, 7) is -0.0648. The van der Waals surface area contributed by atoms with Crippen LogP contribution in [0.25, 0.3) is 0 Å². The van der Waals surface area contributed by atoms with E-state index in [0.29, 0.717) is 13.0 Å². The molecule has 102 valence electrons. The lowest BCUT2D eigenvalue weighted by Crippen LogP contribution is -2.43. The molecule has 7 nitrogen and oxygen atoms in total. The van der Waals surface area contributed by atoms with Crippen LogP contribution in [0.15, 0.2) is 12.3 Å². The Hall–Kier alpha value is -2.49. The molecule has 1 aromatic heterocycles. The first-order chi connectivity index (χ1) is 9.04. The minimum Gasteiger partial charge on any atom is -0.480 e. The van der Waals surface area contributed by atoms with Crippen molar-refractivity contribution in [3.8, 4) is 12.3 Å². The fourth-order valence-corrected chi connectivity index (χ4v) is 1.53. The maximum atomic E-state index is 11.7. The number of carbonyl (C=O) groups is 2. The van der Waals surface area contributed by atoms with E-state index in [1.165, 1.54) is 0 Å². The first-order valence-corrected chi connectivity index (χ1v) is 5.69. The molecule has 0 saturated heterocycles. The van der Waals surface area contributed by atoms with Crippen LogP contribution in [0.1, 0.15) is 5.69 Å². The molecule has 0 saturated carbocycles. The lowest BCUT2D eigenvalue weighted by molar-refractivity contribution is -0.137. The van der Waals surface area contributed by atoms with E-state index in [0.717, 1.165) is 10.6 Å². The number of carboxylic acid groups (broad SMARTS) is 1. The van der Waals surface area contributed by atoms with Crippen molar-refractivity contribution >= 4 is 12.0 Å². The normalized spacial score (nSPS) is 9.68. The van der Waals surface area contributed by atoms with Gasteiger partial charge < -0.3 is 15.3 Å². The number of nitrogens with one attached hydrogen (secondary N) is 1. The summed E-state index contributed by atoms with van der Waals surface area (Å²) in [5, 5.41) is 15.3. The number of aryl methyl sites for hydroxylation is 1. The molecule has 0 unspecified atom stereocenters. The fourth-order valence-electron chi connectivity index (χ4n) is 1.53. The van der Waals surface area contributed by atoms with Gasteiger partial charge in [0.15, 0.2) is 0 Å². The highest BCUT2D eigenvalue weighted by atomic mass is 16.4. The van der Waals surface area contributed by atoms with E-state index < -0.39 is 18.5 Å². The van der Waals surface area contributed by atoms with E-state index in [9.17, 15) is 9.59 Å². The summed E-state index contributed by atoms with van der Waals surface area (Å²) >= 11 is 0. The molecule has 1 aromatic rings. The fraction of sp³-hybridized carbons (Fsp3) is 0.417. The zero-order valence-electron chi connectivity index (χ0n) is 10.7. The van der Waals surface area contributed by atoms with Crippen LogP contribution in [0.3, 0.4) is 0 Å². The minimum atomic E-state index is -1.10. The molecule has 0 aromatic carbocycles. The number of nitrogens with zero attached hydrogens (tertiary/aromatic N) is 3. The van der Waals surface area contributed by atoms with E-state index in [1.807, 2.05) is 13.1 Å². The third-order valence-electron chi connectivity index (χ3n) is 2.48. The van der Waals surface area contributed by atoms with Gasteiger partial charge in [0.25, 0.3) is 0 Å². The molecule has 1 rings (SSSR count). The van der Waals surface area contributed by atoms with E-state index in [4.69, 9.17) is 11.5 Å². The van der Waals surface area contributed by atoms with Gasteiger partial charge in [-0.1, -0.05) is 5.92 Å². The predicted octanol–water partition coefficient (Wildman–Crippen LogP) is -0.308. The van der Waals surface area contributed by atoms with Crippen molar-refractivity contribution in [3.05, 3.63) is 18.0 Å². The zero-order chi connectivity index (χ0) is 14.3. The van der Waals surface area contributed by atoms with Crippen molar-refractivity contribution in [1.82, 2.24) is 20.0 Å². The molecule has 2 amide bonds. The van der Waals surface area contributed by atoms with Crippen molar-refractivity contribution in [2.24, 2.45) is 7.05 Å². The number of carboxylic acids is 1. The molecule has 0 atom stereocenters. The number of rotatable bonds is 6. The standard InChI is InChI=1S/C12H16N4O3/c1-3-8-16(9-11(17)18)12(19)13-6-4-10-5-7-14-15(10)2/h1,5,7H,4,6,8-9H2,2H3,(H,13,19)(H,17,18). The molecule has 0 aliphatic carbocycles. The third kappa shape index (κ3) is 4.71. The SMILES string of the molecule is C#CCN(CC(=O)O)C(=O)NCCc1ccnn1C. The van der Waals surface area contributed by atoms with Crippen molar-refractivity contribution in [2.45, 2.75) is 6.42 Å². The second-order valence-electron chi connectivity index (χ2n) is 3.88. The highest BCUT2D eigenvalue weighted by molar-refractivity contribution is 5.80. The summed E-state index contributed by atoms with van der Waals surface area (Å²) in [6, 6.07) is 1.37. The molecule has 0 aliphatic rings. The van der Waals surface area contributed by atoms with Crippen LogP contribution in [0, 0.1) is 12.3 Å². The molecule has 1 heterocycles. The number of amides is 2. The Morgan fingerprint density at radius 1 is 1.63 bits per heavy atom. The van der Waals surface area contributed by atoms with Crippen LogP contribution in [-0.2, 0) is 18.3 Å². The Kier molecular flexibility index (Phi) is 5.41. The maximum Gasteiger partial charge on any atom is 0.323 e. The van der Waals surface area contributed by atoms with E-state index >= 15 is 0 Å². The molecule has 0 aliphatic heterocycles. The lowest BCUT2D eigenvalue weighted by Gasteiger charge is -2.18. The second kappa shape index (κ2) is 7.06. The smallest absolute Gasteiger partial charge is 0.323 e. The van der Waals surface area contributed by atoms with Crippen LogP contribution >= 0.6 is 0 Å². The average molecular weight is 264 g/mol. The molecule has 7 heteroatoms. The number of hydrogen-bond acceptors (Lipinski definition) is 3. The number of hydrogen-bond donors (Lipinski definition) is 2. The highest BCUT2D eigenvalue weighted by Gasteiger charge is 2.15. The number of carbonyl (C=O) groups excluding carboxylic acids is 1. The molecule has 0 radical (unpaired) electrons. The van der Waals surface area contributed by atoms with Gasteiger partial charge in [-0.3, -0.25) is 9.48 Å². The van der Waals surface area contributed by atoms with Gasteiger partial charge in [0, 0.05) is 31.9 Å². The zero-order valence-corrected chi connectivity index (χ0v) is 10.7. The number of aromatic nitrogens is 2. The van der Waals surface area contributed by atoms with Gasteiger partial charge in [-0.05, 0) is 6.07 Å². The van der Waals surface area contributed by atoms with Gasteiger partial charge >= 0.3 is 12.0 Å². The molecule has 0 fully saturated rings. The number of terminal acetylenes is 1. The summed E-state index contributed by atoms with van der Waals surface area (Å²) < 4.78 is 1.71. The van der Waals surface area contributed by atoms with Gasteiger partial charge in [-0.25, -0.2) is 4.79 Å². The summed E-state index contributed by atoms with van der Waals surface area (Å²) in [5.74, 6) is 1.15. The monoisotopic (exact) mass is 264 g/mol. The van der Waals surface area contributed by atoms with Crippen molar-refractivity contribution in [2.75, 3.05) is 19.6 Å². The number of aliphatic carboxylic acids is 1. The van der Waals surface area contributed by atoms with Crippen molar-refractivity contribution < 1.29 is 14.7 Å². The van der Waals surface area contributed by atoms with Crippen LogP contribution in [-0.4, -0.2) is 51.4 Å². The largest absolute Gasteiger partial charge is 0.480 e. The van der Waals surface area contributed by atoms with E-state index in [-0.39, 0.29) is 6.54 Å². The van der Waals surface area contributed by atoms with Crippen molar-refractivity contribution in [1.29, 1.82) is 0 Å². The summed E-state index contributed by atoms with van der Waals surface area (Å²) in [7, 11) is 1.81. The van der Waals surface area contributed by atoms with Crippen LogP contribution in [0.4, 0.5) is 4.79 Å². The Bertz CT molecular complexity index is 489. The molecule has 19 heavy (non-hydrogen) atoms. The lowest BCUT2D eigenvalue weighted by atomic mass is 10.3. The van der Waals surface area contributed by atoms with Crippen LogP contribution in [0.5, 0.6) is 0 Å². The molecule has 0 spiro atoms. The number of urea groups is 1. The molecular weight excluding hydrogens is 248 g/mol. The summed E-state index contributed by atoms with van der Waals surface area (Å²) in [5.41, 5.74) is 0.974. The van der Waals surface area contributed by atoms with Gasteiger partial charge in [-0.2, -0.15) is 5.10 Å². The van der Waals surface area contributed by atoms with Crippen LogP contribution in [0.2, 0.25) is 0 Å². The maximum absolute atomic E-state index is 11.7. The van der Waals surface area contributed by atoms with Gasteiger partial charge in [0.2, 0.25) is 0 Å². The van der Waals surface area contributed by atoms with Crippen LogP contribution < -0.4 is 5.32 Å². The third-order valence-corrected chi connectivity index (χ3v) is 2.48. The predicted molar refractivity (Wildman–Crippen MR) is 68.4 cm³/mol. The first kappa shape index (κ1) is 14.6. The van der Waals surface area contributed by atoms with Gasteiger partial charge in [0.05, 0.1) is 6.54 Å². The second-order valence-corrected chi connectivity index (χ2v) is 3.88. The first-order valence-electron chi connectivity index (χ1n) is 5.69. The average Bonchev–Trinajstić information content (AvgIpc) is 2.74. The molecular formula is C12H16N4O3. The minimum absolute atomic E-state index is 0.0379. The van der Waals surface area contributed by atoms with E-state index in [1.54, 1.807) is 10.9 Å². The summed E-state index contributed by atoms with van der Waals surface area (Å²) in [4.78, 5) is 23.4. The molecule has 0 bridgehead atoms. The molecule has 2 N–H and O–H groups in total. The van der Waals surface area contributed by atoms with Crippen molar-refractivity contribution in [3.63, 3.8) is 0 Å². The topological polar surface area (TPSA) is 87.5 Å². The Morgan fingerprint density at radius 3 is 2.89 bits per heavy atom.